The van der Waals surface area contributed by atoms with Gasteiger partial charge in [0.1, 0.15) is 0 Å². The lowest BCUT2D eigenvalue weighted by Gasteiger charge is -2.39. The van der Waals surface area contributed by atoms with E-state index in [-0.39, 0.29) is 5.16 Å². The minimum atomic E-state index is -2.91. The van der Waals surface area contributed by atoms with Crippen LogP contribution in [0.25, 0.3) is 0 Å². The van der Waals surface area contributed by atoms with Gasteiger partial charge >= 0.3 is 17.6 Å². The second-order valence-electron chi connectivity index (χ2n) is 4.48. The summed E-state index contributed by atoms with van der Waals surface area (Å²) in [5.74, 6) is 0. The Labute approximate surface area is 125 Å². The molecule has 0 heterocycles. The van der Waals surface area contributed by atoms with Crippen LogP contribution in [-0.2, 0) is 26.6 Å². The molecule has 0 aromatic rings. The summed E-state index contributed by atoms with van der Waals surface area (Å²) in [6, 6.07) is 0. The largest absolute Gasteiger partial charge is 0.507 e. The molecule has 0 aliphatic heterocycles. The van der Waals surface area contributed by atoms with Crippen molar-refractivity contribution in [1.82, 2.24) is 0 Å². The Balaban J connectivity index is 5.43. The maximum Gasteiger partial charge on any atom is 0.507 e. The second kappa shape index (κ2) is 10.0. The fraction of sp³-hybridized carbons (Fsp3) is 1.00. The first kappa shape index (κ1) is 20.2. The van der Waals surface area contributed by atoms with Crippen molar-refractivity contribution in [3.8, 4) is 0 Å². The smallest absolute Gasteiger partial charge is 0.377 e. The Hall–Kier alpha value is 0.194. The third-order valence-electron chi connectivity index (χ3n) is 3.66. The Morgan fingerprint density at radius 3 is 1.25 bits per heavy atom. The predicted octanol–water partition coefficient (Wildman–Crippen LogP) is 2.23. The third-order valence-corrected chi connectivity index (χ3v) is 11.5. The van der Waals surface area contributed by atoms with Gasteiger partial charge < -0.3 is 26.6 Å². The SMILES string of the molecule is CCCCCC([Si](OC)(OC)OC)[Si](OC)(OC)OC. The first-order chi connectivity index (χ1) is 9.56. The molecule has 0 N–H and O–H groups in total. The van der Waals surface area contributed by atoms with Gasteiger partial charge in [0, 0.05) is 42.7 Å². The minimum Gasteiger partial charge on any atom is -0.377 e. The van der Waals surface area contributed by atoms with Gasteiger partial charge in [0.25, 0.3) is 0 Å². The lowest BCUT2D eigenvalue weighted by Crippen LogP contribution is -2.62. The van der Waals surface area contributed by atoms with E-state index in [1.54, 1.807) is 42.7 Å². The minimum absolute atomic E-state index is 0.137. The highest BCUT2D eigenvalue weighted by Crippen LogP contribution is 2.39. The topological polar surface area (TPSA) is 55.4 Å². The van der Waals surface area contributed by atoms with Crippen LogP contribution in [0.2, 0.25) is 5.16 Å². The fourth-order valence-corrected chi connectivity index (χ4v) is 10.2. The molecule has 20 heavy (non-hydrogen) atoms. The van der Waals surface area contributed by atoms with Gasteiger partial charge in [-0.3, -0.25) is 0 Å². The summed E-state index contributed by atoms with van der Waals surface area (Å²) in [7, 11) is 3.80. The lowest BCUT2D eigenvalue weighted by atomic mass is 10.2. The Bertz CT molecular complexity index is 210. The second-order valence-corrected chi connectivity index (χ2v) is 11.3. The molecule has 0 unspecified atom stereocenters. The number of rotatable bonds is 12. The third kappa shape index (κ3) is 4.34. The van der Waals surface area contributed by atoms with Gasteiger partial charge in [-0.15, -0.1) is 0 Å². The van der Waals surface area contributed by atoms with E-state index in [0.29, 0.717) is 0 Å². The van der Waals surface area contributed by atoms with Crippen LogP contribution in [0.1, 0.15) is 32.6 Å². The van der Waals surface area contributed by atoms with E-state index in [4.69, 9.17) is 26.6 Å². The number of hydrogen-bond donors (Lipinski definition) is 0. The van der Waals surface area contributed by atoms with Crippen molar-refractivity contribution in [3.63, 3.8) is 0 Å². The fourth-order valence-electron chi connectivity index (χ4n) is 2.52. The summed E-state index contributed by atoms with van der Waals surface area (Å²) in [6.45, 7) is 2.16. The quantitative estimate of drug-likeness (QED) is 0.405. The molecule has 0 aliphatic rings. The number of unbranched alkanes of at least 4 members (excludes halogenated alkanes) is 2. The molecule has 0 spiro atoms. The van der Waals surface area contributed by atoms with Crippen molar-refractivity contribution in [2.24, 2.45) is 0 Å². The van der Waals surface area contributed by atoms with E-state index in [9.17, 15) is 0 Å². The zero-order chi connectivity index (χ0) is 15.6. The predicted molar refractivity (Wildman–Crippen MR) is 81.5 cm³/mol. The molecule has 0 amide bonds. The monoisotopic (exact) mass is 326 g/mol. The van der Waals surface area contributed by atoms with Crippen LogP contribution in [0.3, 0.4) is 0 Å². The molecule has 0 atom stereocenters. The van der Waals surface area contributed by atoms with Crippen molar-refractivity contribution in [2.45, 2.75) is 37.8 Å². The summed E-state index contributed by atoms with van der Waals surface area (Å²) in [4.78, 5) is 0. The van der Waals surface area contributed by atoms with E-state index in [2.05, 4.69) is 6.92 Å². The van der Waals surface area contributed by atoms with E-state index in [0.717, 1.165) is 25.7 Å². The maximum absolute atomic E-state index is 5.63. The summed E-state index contributed by atoms with van der Waals surface area (Å²) >= 11 is 0. The summed E-state index contributed by atoms with van der Waals surface area (Å²) < 4.78 is 33.8. The first-order valence-corrected chi connectivity index (χ1v) is 10.5. The van der Waals surface area contributed by atoms with Crippen molar-refractivity contribution >= 4 is 17.6 Å². The molecule has 0 aliphatic carbocycles. The molecule has 0 fully saturated rings. The Kier molecular flexibility index (Phi) is 10.1. The van der Waals surface area contributed by atoms with Crippen LogP contribution in [-0.4, -0.2) is 60.3 Å². The normalized spacial score (nSPS) is 13.2. The zero-order valence-electron chi connectivity index (χ0n) is 13.9. The molecule has 6 nitrogen and oxygen atoms in total. The van der Waals surface area contributed by atoms with Gasteiger partial charge in [-0.1, -0.05) is 26.2 Å². The molecule has 0 bridgehead atoms. The molecule has 0 rings (SSSR count). The lowest BCUT2D eigenvalue weighted by molar-refractivity contribution is 0.0778. The first-order valence-electron chi connectivity index (χ1n) is 6.87. The number of hydrogen-bond acceptors (Lipinski definition) is 6. The van der Waals surface area contributed by atoms with Crippen molar-refractivity contribution in [2.75, 3.05) is 42.7 Å². The Morgan fingerprint density at radius 2 is 1.00 bits per heavy atom. The molecule has 0 saturated carbocycles. The molecular formula is C12H30O6Si2. The molecular weight excluding hydrogens is 296 g/mol. The zero-order valence-corrected chi connectivity index (χ0v) is 15.9. The van der Waals surface area contributed by atoms with Crippen molar-refractivity contribution < 1.29 is 26.6 Å². The molecule has 0 aromatic heterocycles. The maximum atomic E-state index is 5.63. The van der Waals surface area contributed by atoms with Crippen LogP contribution in [0.15, 0.2) is 0 Å². The highest BCUT2D eigenvalue weighted by Gasteiger charge is 2.63. The molecule has 0 radical (unpaired) electrons. The average molecular weight is 327 g/mol. The highest BCUT2D eigenvalue weighted by atomic mass is 28.5. The highest BCUT2D eigenvalue weighted by molar-refractivity contribution is 6.82. The van der Waals surface area contributed by atoms with Crippen molar-refractivity contribution in [3.05, 3.63) is 0 Å². The molecule has 122 valence electrons. The van der Waals surface area contributed by atoms with Crippen LogP contribution < -0.4 is 0 Å². The van der Waals surface area contributed by atoms with Gasteiger partial charge in [0.15, 0.2) is 0 Å². The van der Waals surface area contributed by atoms with Gasteiger partial charge in [-0.05, 0) is 6.42 Å². The van der Waals surface area contributed by atoms with Gasteiger partial charge in [0.05, 0.1) is 5.16 Å². The van der Waals surface area contributed by atoms with Gasteiger partial charge in [0.2, 0.25) is 0 Å². The summed E-state index contributed by atoms with van der Waals surface area (Å²) in [5.41, 5.74) is 0. The van der Waals surface area contributed by atoms with Gasteiger partial charge in [-0.2, -0.15) is 0 Å². The van der Waals surface area contributed by atoms with Crippen LogP contribution >= 0.6 is 0 Å². The van der Waals surface area contributed by atoms with E-state index >= 15 is 0 Å². The van der Waals surface area contributed by atoms with Crippen molar-refractivity contribution in [1.29, 1.82) is 0 Å². The van der Waals surface area contributed by atoms with Crippen LogP contribution in [0.4, 0.5) is 0 Å². The Morgan fingerprint density at radius 1 is 0.650 bits per heavy atom. The van der Waals surface area contributed by atoms with E-state index in [1.165, 1.54) is 0 Å². The summed E-state index contributed by atoms with van der Waals surface area (Å²) in [6.07, 6.45) is 4.11. The molecule has 0 aromatic carbocycles. The van der Waals surface area contributed by atoms with Crippen LogP contribution in [0, 0.1) is 0 Å². The van der Waals surface area contributed by atoms with Crippen LogP contribution in [0.5, 0.6) is 0 Å². The van der Waals surface area contributed by atoms with E-state index in [1.807, 2.05) is 0 Å². The standard InChI is InChI=1S/C12H30O6Si2/c1-8-9-10-11-12(19(13-2,14-3)15-4)20(16-5,17-6)18-7/h12H,8-11H2,1-7H3. The summed E-state index contributed by atoms with van der Waals surface area (Å²) in [5, 5.41) is -0.137. The average Bonchev–Trinajstić information content (AvgIpc) is 2.51. The van der Waals surface area contributed by atoms with E-state index < -0.39 is 17.6 Å². The molecule has 0 saturated heterocycles. The molecule has 8 heteroatoms. The van der Waals surface area contributed by atoms with Gasteiger partial charge in [-0.25, -0.2) is 0 Å².